The lowest BCUT2D eigenvalue weighted by Crippen LogP contribution is -1.95. The van der Waals surface area contributed by atoms with Crippen molar-refractivity contribution < 1.29 is 4.79 Å². The van der Waals surface area contributed by atoms with Crippen LogP contribution in [0.3, 0.4) is 0 Å². The second-order valence-corrected chi connectivity index (χ2v) is 5.21. The maximum Gasteiger partial charge on any atom is 0.159 e. The molecule has 1 heterocycles. The van der Waals surface area contributed by atoms with Gasteiger partial charge in [0, 0.05) is 33.5 Å². The van der Waals surface area contributed by atoms with Crippen molar-refractivity contribution in [3.05, 3.63) is 65.3 Å². The first-order valence-corrected chi connectivity index (χ1v) is 6.93. The number of anilines is 2. The minimum absolute atomic E-state index is 0.0607. The van der Waals surface area contributed by atoms with Gasteiger partial charge < -0.3 is 5.32 Å². The van der Waals surface area contributed by atoms with E-state index in [4.69, 9.17) is 11.6 Å². The van der Waals surface area contributed by atoms with Crippen LogP contribution in [-0.4, -0.2) is 10.8 Å². The summed E-state index contributed by atoms with van der Waals surface area (Å²) in [6.07, 6.45) is 1.74. The van der Waals surface area contributed by atoms with Crippen LogP contribution in [0.25, 0.3) is 10.9 Å². The van der Waals surface area contributed by atoms with Gasteiger partial charge in [0.25, 0.3) is 0 Å². The third-order valence-electron chi connectivity index (χ3n) is 3.28. The van der Waals surface area contributed by atoms with Crippen molar-refractivity contribution >= 4 is 39.7 Å². The molecule has 0 aliphatic rings. The number of nitrogens with zero attached hydrogens (tertiary/aromatic N) is 1. The molecule has 21 heavy (non-hydrogen) atoms. The normalized spacial score (nSPS) is 10.6. The Labute approximate surface area is 127 Å². The van der Waals surface area contributed by atoms with Crippen LogP contribution >= 0.6 is 11.6 Å². The summed E-state index contributed by atoms with van der Waals surface area (Å²) in [5, 5.41) is 5.00. The second-order valence-electron chi connectivity index (χ2n) is 4.78. The maximum atomic E-state index is 11.3. The van der Waals surface area contributed by atoms with Crippen LogP contribution in [0.1, 0.15) is 17.3 Å². The number of hydrogen-bond donors (Lipinski definition) is 1. The number of pyridine rings is 1. The van der Waals surface area contributed by atoms with Crippen LogP contribution in [0, 0.1) is 0 Å². The van der Waals surface area contributed by atoms with Gasteiger partial charge >= 0.3 is 0 Å². The molecular weight excluding hydrogens is 284 g/mol. The van der Waals surface area contributed by atoms with Gasteiger partial charge in [-0.05, 0) is 55.5 Å². The first-order valence-electron chi connectivity index (χ1n) is 6.56. The average molecular weight is 297 g/mol. The lowest BCUT2D eigenvalue weighted by Gasteiger charge is -2.10. The molecule has 0 radical (unpaired) electrons. The van der Waals surface area contributed by atoms with Gasteiger partial charge in [-0.15, -0.1) is 0 Å². The number of nitrogens with one attached hydrogen (secondary N) is 1. The van der Waals surface area contributed by atoms with Crippen molar-refractivity contribution in [2.45, 2.75) is 6.92 Å². The highest BCUT2D eigenvalue weighted by Crippen LogP contribution is 2.27. The van der Waals surface area contributed by atoms with Crippen LogP contribution in [0.4, 0.5) is 11.4 Å². The summed E-state index contributed by atoms with van der Waals surface area (Å²) in [6.45, 7) is 1.56. The Morgan fingerprint density at radius 3 is 2.57 bits per heavy atom. The standard InChI is InChI=1S/C17H13ClN2O/c1-11(21)12-2-5-14(6-3-12)20-16-8-9-19-17-10-13(18)4-7-15(16)17/h2-10H,1H3,(H,19,20). The van der Waals surface area contributed by atoms with Crippen molar-refractivity contribution in [1.29, 1.82) is 0 Å². The monoisotopic (exact) mass is 296 g/mol. The fraction of sp³-hybridized carbons (Fsp3) is 0.0588. The second kappa shape index (κ2) is 5.54. The van der Waals surface area contributed by atoms with Gasteiger partial charge in [0.2, 0.25) is 0 Å². The van der Waals surface area contributed by atoms with E-state index in [1.807, 2.05) is 48.5 Å². The van der Waals surface area contributed by atoms with E-state index < -0.39 is 0 Å². The molecule has 0 atom stereocenters. The SMILES string of the molecule is CC(=O)c1ccc(Nc2ccnc3cc(Cl)ccc23)cc1. The summed E-state index contributed by atoms with van der Waals surface area (Å²) in [4.78, 5) is 15.6. The number of halogens is 1. The van der Waals surface area contributed by atoms with Gasteiger partial charge in [-0.25, -0.2) is 0 Å². The Morgan fingerprint density at radius 2 is 1.86 bits per heavy atom. The topological polar surface area (TPSA) is 42.0 Å². The Hall–Kier alpha value is -2.39. The molecule has 3 aromatic rings. The molecular formula is C17H13ClN2O. The first kappa shape index (κ1) is 13.6. The molecule has 2 aromatic carbocycles. The molecule has 4 heteroatoms. The quantitative estimate of drug-likeness (QED) is 0.704. The minimum atomic E-state index is 0.0607. The fourth-order valence-electron chi connectivity index (χ4n) is 2.17. The van der Waals surface area contributed by atoms with E-state index in [-0.39, 0.29) is 5.78 Å². The number of fused-ring (bicyclic) bond motifs is 1. The number of rotatable bonds is 3. The first-order chi connectivity index (χ1) is 10.1. The van der Waals surface area contributed by atoms with Crippen LogP contribution in [-0.2, 0) is 0 Å². The minimum Gasteiger partial charge on any atom is -0.355 e. The molecule has 0 fully saturated rings. The molecule has 3 rings (SSSR count). The summed E-state index contributed by atoms with van der Waals surface area (Å²) in [7, 11) is 0. The van der Waals surface area contributed by atoms with E-state index in [0.29, 0.717) is 10.6 Å². The van der Waals surface area contributed by atoms with E-state index in [1.54, 1.807) is 13.1 Å². The lowest BCUT2D eigenvalue weighted by molar-refractivity contribution is 0.101. The van der Waals surface area contributed by atoms with E-state index in [0.717, 1.165) is 22.3 Å². The summed E-state index contributed by atoms with van der Waals surface area (Å²) < 4.78 is 0. The summed E-state index contributed by atoms with van der Waals surface area (Å²) >= 11 is 5.99. The van der Waals surface area contributed by atoms with Crippen molar-refractivity contribution in [3.63, 3.8) is 0 Å². The zero-order chi connectivity index (χ0) is 14.8. The molecule has 0 spiro atoms. The third kappa shape index (κ3) is 2.88. The maximum absolute atomic E-state index is 11.3. The zero-order valence-electron chi connectivity index (χ0n) is 11.4. The number of aromatic nitrogens is 1. The third-order valence-corrected chi connectivity index (χ3v) is 3.51. The van der Waals surface area contributed by atoms with E-state index in [9.17, 15) is 4.79 Å². The Bertz CT molecular complexity index is 813. The van der Waals surface area contributed by atoms with E-state index >= 15 is 0 Å². The van der Waals surface area contributed by atoms with Crippen molar-refractivity contribution in [3.8, 4) is 0 Å². The number of ketones is 1. The zero-order valence-corrected chi connectivity index (χ0v) is 12.2. The molecule has 0 saturated heterocycles. The van der Waals surface area contributed by atoms with Crippen molar-refractivity contribution in [2.24, 2.45) is 0 Å². The molecule has 0 saturated carbocycles. The van der Waals surface area contributed by atoms with Gasteiger partial charge in [-0.1, -0.05) is 11.6 Å². The summed E-state index contributed by atoms with van der Waals surface area (Å²) in [5.41, 5.74) is 3.41. The van der Waals surface area contributed by atoms with Crippen LogP contribution in [0.15, 0.2) is 54.7 Å². The number of benzene rings is 2. The Morgan fingerprint density at radius 1 is 1.10 bits per heavy atom. The van der Waals surface area contributed by atoms with E-state index in [2.05, 4.69) is 10.3 Å². The molecule has 1 aromatic heterocycles. The van der Waals surface area contributed by atoms with Gasteiger partial charge in [-0.2, -0.15) is 0 Å². The predicted molar refractivity (Wildman–Crippen MR) is 86.5 cm³/mol. The molecule has 3 nitrogen and oxygen atoms in total. The summed E-state index contributed by atoms with van der Waals surface area (Å²) in [5.74, 6) is 0.0607. The smallest absolute Gasteiger partial charge is 0.159 e. The number of carbonyl (C=O) groups excluding carboxylic acids is 1. The molecule has 1 N–H and O–H groups in total. The van der Waals surface area contributed by atoms with Crippen LogP contribution in [0.5, 0.6) is 0 Å². The van der Waals surface area contributed by atoms with Gasteiger partial charge in [0.05, 0.1) is 5.52 Å². The van der Waals surface area contributed by atoms with Gasteiger partial charge in [0.1, 0.15) is 0 Å². The number of carbonyl (C=O) groups is 1. The van der Waals surface area contributed by atoms with Crippen LogP contribution in [0.2, 0.25) is 5.02 Å². The Kier molecular flexibility index (Phi) is 3.59. The average Bonchev–Trinajstić information content (AvgIpc) is 2.47. The number of hydrogen-bond acceptors (Lipinski definition) is 3. The van der Waals surface area contributed by atoms with E-state index in [1.165, 1.54) is 0 Å². The lowest BCUT2D eigenvalue weighted by atomic mass is 10.1. The highest BCUT2D eigenvalue weighted by Gasteiger charge is 2.04. The predicted octanol–water partition coefficient (Wildman–Crippen LogP) is 4.83. The van der Waals surface area contributed by atoms with Crippen molar-refractivity contribution in [2.75, 3.05) is 5.32 Å². The molecule has 0 aliphatic heterocycles. The Balaban J connectivity index is 1.96. The fourth-order valence-corrected chi connectivity index (χ4v) is 2.34. The summed E-state index contributed by atoms with van der Waals surface area (Å²) in [6, 6.07) is 14.9. The highest BCUT2D eigenvalue weighted by atomic mass is 35.5. The highest BCUT2D eigenvalue weighted by molar-refractivity contribution is 6.31. The molecule has 104 valence electrons. The number of Topliss-reactive ketones (excluding diaryl/α,β-unsaturated/α-hetero) is 1. The van der Waals surface area contributed by atoms with Gasteiger partial charge in [-0.3, -0.25) is 9.78 Å². The van der Waals surface area contributed by atoms with Crippen LogP contribution < -0.4 is 5.32 Å². The molecule has 0 bridgehead atoms. The molecule has 0 aliphatic carbocycles. The van der Waals surface area contributed by atoms with Gasteiger partial charge in [0.15, 0.2) is 5.78 Å². The largest absolute Gasteiger partial charge is 0.355 e. The van der Waals surface area contributed by atoms with Crippen molar-refractivity contribution in [1.82, 2.24) is 4.98 Å². The molecule has 0 unspecified atom stereocenters. The molecule has 0 amide bonds.